The Bertz CT molecular complexity index is 1030. The van der Waals surface area contributed by atoms with Gasteiger partial charge in [0.05, 0.1) is 11.0 Å². The maximum Gasteiger partial charge on any atom is 0.216 e. The number of aryl methyl sites for hydroxylation is 2. The highest BCUT2D eigenvalue weighted by molar-refractivity contribution is 5.80. The third kappa shape index (κ3) is 3.20. The largest absolute Gasteiger partial charge is 0.216 e. The maximum absolute atomic E-state index is 2.54. The van der Waals surface area contributed by atoms with Gasteiger partial charge in [-0.15, -0.1) is 0 Å². The number of rotatable bonds is 3. The van der Waals surface area contributed by atoms with Crippen molar-refractivity contribution in [3.05, 3.63) is 89.5 Å². The summed E-state index contributed by atoms with van der Waals surface area (Å²) < 4.78 is 2.54. The number of benzene rings is 3. The molecule has 0 unspecified atom stereocenters. The van der Waals surface area contributed by atoms with Crippen LogP contribution >= 0.6 is 0 Å². The van der Waals surface area contributed by atoms with Gasteiger partial charge in [-0.2, -0.15) is 4.58 Å². The molecule has 3 aromatic rings. The third-order valence-electron chi connectivity index (χ3n) is 6.07. The molecule has 0 saturated carbocycles. The molecule has 0 aromatic heterocycles. The second-order valence-electron chi connectivity index (χ2n) is 9.12. The highest BCUT2D eigenvalue weighted by Gasteiger charge is 2.50. The molecule has 28 heavy (non-hydrogen) atoms. The van der Waals surface area contributed by atoms with Gasteiger partial charge in [-0.3, -0.25) is 0 Å². The molecule has 0 fully saturated rings. The van der Waals surface area contributed by atoms with E-state index in [1.807, 2.05) is 0 Å². The van der Waals surface area contributed by atoms with Gasteiger partial charge in [0, 0.05) is 25.8 Å². The number of hydrogen-bond donors (Lipinski definition) is 0. The van der Waals surface area contributed by atoms with E-state index in [0.717, 1.165) is 6.42 Å². The van der Waals surface area contributed by atoms with E-state index in [4.69, 9.17) is 0 Å². The first-order chi connectivity index (χ1) is 13.3. The molecule has 0 aliphatic carbocycles. The Morgan fingerprint density at radius 1 is 0.786 bits per heavy atom. The summed E-state index contributed by atoms with van der Waals surface area (Å²) in [6.45, 7) is 11.5. The van der Waals surface area contributed by atoms with Crippen LogP contribution in [0.5, 0.6) is 0 Å². The van der Waals surface area contributed by atoms with Crippen molar-refractivity contribution in [2.75, 3.05) is 0 Å². The zero-order valence-corrected chi connectivity index (χ0v) is 17.7. The highest BCUT2D eigenvalue weighted by Crippen LogP contribution is 2.45. The smallest absolute Gasteiger partial charge is 0.196 e. The fraction of sp³-hybridized carbons (Fsp3) is 0.296. The molecule has 0 radical (unpaired) electrons. The van der Waals surface area contributed by atoms with Gasteiger partial charge in [0.15, 0.2) is 11.8 Å². The summed E-state index contributed by atoms with van der Waals surface area (Å²) in [5.74, 6) is 0. The standard InChI is InChI=1S/C27H30N/c1-20-16-21(2)25(24(17-20)22-12-8-6-9-13-22)28-19-27(5,18-26(28,3)4)23-14-10-7-11-15-23/h6-17,19H,18H2,1-5H3/q+1/t27-/m0/s1. The Morgan fingerprint density at radius 2 is 1.39 bits per heavy atom. The molecule has 0 spiro atoms. The molecule has 0 bridgehead atoms. The molecular weight excluding hydrogens is 338 g/mol. The molecule has 1 heterocycles. The summed E-state index contributed by atoms with van der Waals surface area (Å²) in [4.78, 5) is 0. The van der Waals surface area contributed by atoms with E-state index >= 15 is 0 Å². The molecule has 1 atom stereocenters. The molecule has 1 aliphatic rings. The summed E-state index contributed by atoms with van der Waals surface area (Å²) in [6.07, 6.45) is 3.55. The second kappa shape index (κ2) is 6.74. The summed E-state index contributed by atoms with van der Waals surface area (Å²) in [5, 5.41) is 0. The first-order valence-corrected chi connectivity index (χ1v) is 10.2. The Labute approximate surface area is 169 Å². The molecule has 0 amide bonds. The van der Waals surface area contributed by atoms with E-state index in [1.54, 1.807) is 0 Å². The van der Waals surface area contributed by atoms with Gasteiger partial charge in [-0.25, -0.2) is 0 Å². The molecule has 1 heteroatoms. The molecule has 142 valence electrons. The first-order valence-electron chi connectivity index (χ1n) is 10.2. The van der Waals surface area contributed by atoms with E-state index in [2.05, 4.69) is 118 Å². The van der Waals surface area contributed by atoms with E-state index in [-0.39, 0.29) is 11.0 Å². The van der Waals surface area contributed by atoms with Gasteiger partial charge >= 0.3 is 0 Å². The Morgan fingerprint density at radius 3 is 2.04 bits per heavy atom. The lowest BCUT2D eigenvalue weighted by atomic mass is 9.77. The van der Waals surface area contributed by atoms with Gasteiger partial charge in [0.25, 0.3) is 0 Å². The van der Waals surface area contributed by atoms with Crippen molar-refractivity contribution in [2.24, 2.45) is 0 Å². The average molecular weight is 369 g/mol. The molecule has 3 aromatic carbocycles. The second-order valence-corrected chi connectivity index (χ2v) is 9.12. The van der Waals surface area contributed by atoms with Crippen LogP contribution in [0.25, 0.3) is 11.1 Å². The summed E-state index contributed by atoms with van der Waals surface area (Å²) in [5.41, 5.74) is 8.02. The van der Waals surface area contributed by atoms with Crippen LogP contribution in [0.3, 0.4) is 0 Å². The predicted molar refractivity (Wildman–Crippen MR) is 120 cm³/mol. The summed E-state index contributed by atoms with van der Waals surface area (Å²) in [6, 6.07) is 26.3. The van der Waals surface area contributed by atoms with Crippen LogP contribution in [0.2, 0.25) is 0 Å². The Hall–Kier alpha value is -2.67. The van der Waals surface area contributed by atoms with Crippen LogP contribution in [0, 0.1) is 13.8 Å². The Balaban J connectivity index is 1.95. The molecule has 4 rings (SSSR count). The highest BCUT2D eigenvalue weighted by atomic mass is 15.1. The Kier molecular flexibility index (Phi) is 4.50. The molecule has 1 aliphatic heterocycles. The third-order valence-corrected chi connectivity index (χ3v) is 6.07. The predicted octanol–water partition coefficient (Wildman–Crippen LogP) is 6.83. The van der Waals surface area contributed by atoms with E-state index in [1.165, 1.54) is 33.5 Å². The SMILES string of the molecule is Cc1cc(C)c([N+]2=C[C@@](C)(c3ccccc3)CC2(C)C)c(-c2ccccc2)c1. The fourth-order valence-electron chi connectivity index (χ4n) is 4.97. The van der Waals surface area contributed by atoms with Gasteiger partial charge in [0.1, 0.15) is 0 Å². The van der Waals surface area contributed by atoms with Crippen molar-refractivity contribution >= 4 is 11.9 Å². The van der Waals surface area contributed by atoms with E-state index in [0.29, 0.717) is 0 Å². The lowest BCUT2D eigenvalue weighted by Gasteiger charge is -2.23. The van der Waals surface area contributed by atoms with Crippen LogP contribution in [0.15, 0.2) is 72.8 Å². The van der Waals surface area contributed by atoms with Crippen molar-refractivity contribution in [1.82, 2.24) is 0 Å². The topological polar surface area (TPSA) is 3.01 Å². The summed E-state index contributed by atoms with van der Waals surface area (Å²) in [7, 11) is 0. The minimum absolute atomic E-state index is 0.0239. The molecule has 0 N–H and O–H groups in total. The monoisotopic (exact) mass is 368 g/mol. The molecule has 0 saturated heterocycles. The lowest BCUT2D eigenvalue weighted by molar-refractivity contribution is -0.511. The van der Waals surface area contributed by atoms with Gasteiger partial charge in [0.2, 0.25) is 5.69 Å². The molecule has 1 nitrogen and oxygen atoms in total. The van der Waals surface area contributed by atoms with Gasteiger partial charge in [-0.05, 0) is 49.6 Å². The van der Waals surface area contributed by atoms with Gasteiger partial charge < -0.3 is 0 Å². The van der Waals surface area contributed by atoms with Crippen molar-refractivity contribution < 1.29 is 4.58 Å². The van der Waals surface area contributed by atoms with Gasteiger partial charge in [-0.1, -0.05) is 60.7 Å². The zero-order valence-electron chi connectivity index (χ0n) is 17.7. The zero-order chi connectivity index (χ0) is 19.9. The van der Waals surface area contributed by atoms with Crippen LogP contribution < -0.4 is 0 Å². The van der Waals surface area contributed by atoms with Crippen molar-refractivity contribution in [3.8, 4) is 11.1 Å². The normalized spacial score (nSPS) is 20.8. The van der Waals surface area contributed by atoms with Crippen LogP contribution in [0.1, 0.15) is 43.9 Å². The number of hydrogen-bond acceptors (Lipinski definition) is 0. The summed E-state index contributed by atoms with van der Waals surface area (Å²) >= 11 is 0. The fourth-order valence-corrected chi connectivity index (χ4v) is 4.97. The van der Waals surface area contributed by atoms with E-state index in [9.17, 15) is 0 Å². The van der Waals surface area contributed by atoms with Crippen LogP contribution in [-0.2, 0) is 5.41 Å². The maximum atomic E-state index is 2.54. The lowest BCUT2D eigenvalue weighted by Crippen LogP contribution is -2.31. The first kappa shape index (κ1) is 18.7. The van der Waals surface area contributed by atoms with Crippen LogP contribution in [-0.4, -0.2) is 16.3 Å². The van der Waals surface area contributed by atoms with Crippen molar-refractivity contribution in [2.45, 2.75) is 52.0 Å². The quantitative estimate of drug-likeness (QED) is 0.446. The van der Waals surface area contributed by atoms with Crippen molar-refractivity contribution in [3.63, 3.8) is 0 Å². The molecular formula is C27H30N+. The van der Waals surface area contributed by atoms with Crippen LogP contribution in [0.4, 0.5) is 5.69 Å². The minimum Gasteiger partial charge on any atom is -0.196 e. The average Bonchev–Trinajstić information content (AvgIpc) is 2.92. The minimum atomic E-state index is 0.0239. The number of nitrogens with zero attached hydrogens (tertiary/aromatic N) is 1. The van der Waals surface area contributed by atoms with E-state index < -0.39 is 0 Å². The van der Waals surface area contributed by atoms with Crippen molar-refractivity contribution in [1.29, 1.82) is 0 Å².